The lowest BCUT2D eigenvalue weighted by Crippen LogP contribution is -2.43. The van der Waals surface area contributed by atoms with E-state index in [4.69, 9.17) is 0 Å². The number of carbonyl (C=O) groups is 1. The first kappa shape index (κ1) is 15.6. The zero-order valence-electron chi connectivity index (χ0n) is 13.1. The van der Waals surface area contributed by atoms with Gasteiger partial charge in [0, 0.05) is 6.54 Å². The molecule has 23 heavy (non-hydrogen) atoms. The molecule has 1 saturated heterocycles. The first-order valence-corrected chi connectivity index (χ1v) is 7.73. The second-order valence-electron chi connectivity index (χ2n) is 6.24. The van der Waals surface area contributed by atoms with Gasteiger partial charge in [-0.3, -0.25) is 4.79 Å². The summed E-state index contributed by atoms with van der Waals surface area (Å²) in [5, 5.41) is 14.5. The largest absolute Gasteiger partial charge is 0.350 e. The Labute approximate surface area is 134 Å². The first-order valence-electron chi connectivity index (χ1n) is 7.73. The fourth-order valence-electron chi connectivity index (χ4n) is 2.66. The van der Waals surface area contributed by atoms with Gasteiger partial charge in [0.2, 0.25) is 0 Å². The van der Waals surface area contributed by atoms with E-state index in [0.29, 0.717) is 12.2 Å². The monoisotopic (exact) mass is 317 g/mol. The molecule has 2 N–H and O–H groups in total. The standard InChI is InChI=1S/C16H20FN5O/c1-16(6-8-18-9-7-16)11-19-15(23)14-10-20-22(21-14)13-4-2-12(17)3-5-13/h2-5,10,18H,6-9,11H2,1H3,(H,19,23). The van der Waals surface area contributed by atoms with Gasteiger partial charge in [-0.2, -0.15) is 9.90 Å². The molecule has 0 unspecified atom stereocenters. The van der Waals surface area contributed by atoms with Gasteiger partial charge in [0.1, 0.15) is 5.82 Å². The molecule has 0 spiro atoms. The van der Waals surface area contributed by atoms with E-state index >= 15 is 0 Å². The highest BCUT2D eigenvalue weighted by Gasteiger charge is 2.27. The smallest absolute Gasteiger partial charge is 0.273 e. The topological polar surface area (TPSA) is 71.8 Å². The average molecular weight is 317 g/mol. The summed E-state index contributed by atoms with van der Waals surface area (Å²) in [6.45, 7) is 4.76. The minimum atomic E-state index is -0.325. The fraction of sp³-hybridized carbons (Fsp3) is 0.438. The molecule has 1 aromatic heterocycles. The lowest BCUT2D eigenvalue weighted by atomic mass is 9.81. The molecule has 0 aliphatic carbocycles. The molecular weight excluding hydrogens is 297 g/mol. The number of hydrogen-bond donors (Lipinski definition) is 2. The summed E-state index contributed by atoms with van der Waals surface area (Å²) >= 11 is 0. The Kier molecular flexibility index (Phi) is 4.38. The van der Waals surface area contributed by atoms with E-state index in [2.05, 4.69) is 27.8 Å². The quantitative estimate of drug-likeness (QED) is 0.897. The van der Waals surface area contributed by atoms with Gasteiger partial charge in [0.25, 0.3) is 5.91 Å². The SMILES string of the molecule is CC1(CNC(=O)c2cnn(-c3ccc(F)cc3)n2)CCNCC1. The summed E-state index contributed by atoms with van der Waals surface area (Å²) in [4.78, 5) is 13.5. The van der Waals surface area contributed by atoms with Gasteiger partial charge in [0.15, 0.2) is 5.69 Å². The van der Waals surface area contributed by atoms with Gasteiger partial charge in [-0.05, 0) is 55.6 Å². The Morgan fingerprint density at radius 1 is 1.35 bits per heavy atom. The molecule has 122 valence electrons. The lowest BCUT2D eigenvalue weighted by Gasteiger charge is -2.33. The van der Waals surface area contributed by atoms with Crippen LogP contribution in [-0.2, 0) is 0 Å². The molecule has 0 atom stereocenters. The van der Waals surface area contributed by atoms with Crippen LogP contribution in [0.4, 0.5) is 4.39 Å². The van der Waals surface area contributed by atoms with Crippen molar-refractivity contribution in [3.8, 4) is 5.69 Å². The van der Waals surface area contributed by atoms with E-state index in [1.165, 1.54) is 23.1 Å². The Bertz CT molecular complexity index is 676. The molecule has 2 aromatic rings. The minimum absolute atomic E-state index is 0.119. The molecule has 1 aromatic carbocycles. The van der Waals surface area contributed by atoms with Crippen LogP contribution in [0.3, 0.4) is 0 Å². The maximum absolute atomic E-state index is 12.9. The van der Waals surface area contributed by atoms with Crippen LogP contribution in [-0.4, -0.2) is 40.5 Å². The van der Waals surface area contributed by atoms with Crippen molar-refractivity contribution in [3.63, 3.8) is 0 Å². The third-order valence-electron chi connectivity index (χ3n) is 4.27. The van der Waals surface area contributed by atoms with Crippen LogP contribution in [0.15, 0.2) is 30.5 Å². The van der Waals surface area contributed by atoms with Crippen molar-refractivity contribution in [2.45, 2.75) is 19.8 Å². The van der Waals surface area contributed by atoms with Gasteiger partial charge in [-0.1, -0.05) is 6.92 Å². The van der Waals surface area contributed by atoms with Crippen LogP contribution < -0.4 is 10.6 Å². The fourth-order valence-corrected chi connectivity index (χ4v) is 2.66. The van der Waals surface area contributed by atoms with Crippen LogP contribution >= 0.6 is 0 Å². The number of rotatable bonds is 4. The number of aromatic nitrogens is 3. The first-order chi connectivity index (χ1) is 11.1. The molecule has 7 heteroatoms. The van der Waals surface area contributed by atoms with Crippen molar-refractivity contribution < 1.29 is 9.18 Å². The molecule has 1 amide bonds. The summed E-state index contributed by atoms with van der Waals surface area (Å²) in [6.07, 6.45) is 3.49. The van der Waals surface area contributed by atoms with Gasteiger partial charge < -0.3 is 10.6 Å². The number of nitrogens with one attached hydrogen (secondary N) is 2. The molecule has 0 radical (unpaired) electrons. The number of piperidine rings is 1. The van der Waals surface area contributed by atoms with Gasteiger partial charge >= 0.3 is 0 Å². The number of amides is 1. The normalized spacial score (nSPS) is 17.0. The predicted octanol–water partition coefficient (Wildman–Crippen LogP) is 1.53. The zero-order chi connectivity index (χ0) is 16.3. The highest BCUT2D eigenvalue weighted by molar-refractivity contribution is 5.91. The van der Waals surface area contributed by atoms with E-state index in [1.807, 2.05) is 0 Å². The Balaban J connectivity index is 1.63. The van der Waals surface area contributed by atoms with Crippen LogP contribution in [0.1, 0.15) is 30.3 Å². The van der Waals surface area contributed by atoms with Crippen LogP contribution in [0, 0.1) is 11.2 Å². The lowest BCUT2D eigenvalue weighted by molar-refractivity contribution is 0.0917. The van der Waals surface area contributed by atoms with Crippen LogP contribution in [0.25, 0.3) is 5.69 Å². The third kappa shape index (κ3) is 3.73. The Morgan fingerprint density at radius 3 is 2.74 bits per heavy atom. The second-order valence-corrected chi connectivity index (χ2v) is 6.24. The van der Waals surface area contributed by atoms with Gasteiger partial charge in [-0.25, -0.2) is 4.39 Å². The van der Waals surface area contributed by atoms with Crippen LogP contribution in [0.5, 0.6) is 0 Å². The molecule has 1 aliphatic heterocycles. The Morgan fingerprint density at radius 2 is 2.04 bits per heavy atom. The molecule has 1 fully saturated rings. The van der Waals surface area contributed by atoms with E-state index in [-0.39, 0.29) is 22.8 Å². The van der Waals surface area contributed by atoms with Crippen LogP contribution in [0.2, 0.25) is 0 Å². The predicted molar refractivity (Wildman–Crippen MR) is 83.9 cm³/mol. The van der Waals surface area contributed by atoms with Gasteiger partial charge in [-0.15, -0.1) is 5.10 Å². The average Bonchev–Trinajstić information content (AvgIpc) is 3.04. The van der Waals surface area contributed by atoms with E-state index in [9.17, 15) is 9.18 Å². The molecule has 1 aliphatic rings. The molecule has 0 saturated carbocycles. The zero-order valence-corrected chi connectivity index (χ0v) is 13.1. The number of benzene rings is 1. The van der Waals surface area contributed by atoms with Gasteiger partial charge in [0.05, 0.1) is 11.9 Å². The number of hydrogen-bond acceptors (Lipinski definition) is 4. The second kappa shape index (κ2) is 6.45. The minimum Gasteiger partial charge on any atom is -0.350 e. The summed E-state index contributed by atoms with van der Waals surface area (Å²) in [5.74, 6) is -0.563. The number of halogens is 1. The molecule has 0 bridgehead atoms. The van der Waals surface area contributed by atoms with E-state index in [1.54, 1.807) is 12.1 Å². The maximum Gasteiger partial charge on any atom is 0.273 e. The third-order valence-corrected chi connectivity index (χ3v) is 4.27. The van der Waals surface area contributed by atoms with Crippen molar-refractivity contribution in [3.05, 3.63) is 42.0 Å². The number of carbonyl (C=O) groups excluding carboxylic acids is 1. The molecule has 3 rings (SSSR count). The summed E-state index contributed by atoms with van der Waals surface area (Å²) < 4.78 is 12.9. The van der Waals surface area contributed by atoms with Crippen molar-refractivity contribution in [2.24, 2.45) is 5.41 Å². The molecular formula is C16H20FN5O. The van der Waals surface area contributed by atoms with Crippen molar-refractivity contribution in [1.29, 1.82) is 0 Å². The van der Waals surface area contributed by atoms with Crippen molar-refractivity contribution in [2.75, 3.05) is 19.6 Å². The highest BCUT2D eigenvalue weighted by atomic mass is 19.1. The van der Waals surface area contributed by atoms with Crippen molar-refractivity contribution in [1.82, 2.24) is 25.6 Å². The summed E-state index contributed by atoms with van der Waals surface area (Å²) in [6, 6.07) is 5.78. The summed E-state index contributed by atoms with van der Waals surface area (Å²) in [5.41, 5.74) is 0.982. The van der Waals surface area contributed by atoms with E-state index < -0.39 is 0 Å². The molecule has 6 nitrogen and oxygen atoms in total. The Hall–Kier alpha value is -2.28. The maximum atomic E-state index is 12.9. The number of nitrogens with zero attached hydrogens (tertiary/aromatic N) is 3. The van der Waals surface area contributed by atoms with Crippen molar-refractivity contribution >= 4 is 5.91 Å². The summed E-state index contributed by atoms with van der Waals surface area (Å²) in [7, 11) is 0. The highest BCUT2D eigenvalue weighted by Crippen LogP contribution is 2.26. The van der Waals surface area contributed by atoms with E-state index in [0.717, 1.165) is 25.9 Å². The molecule has 2 heterocycles.